The van der Waals surface area contributed by atoms with E-state index in [1.165, 1.54) is 13.0 Å². The number of halogens is 3. The first-order valence-corrected chi connectivity index (χ1v) is 14.4. The van der Waals surface area contributed by atoms with Gasteiger partial charge in [0.05, 0.1) is 34.3 Å². The molecule has 11 nitrogen and oxygen atoms in total. The molecule has 45 heavy (non-hydrogen) atoms. The number of carbonyl (C=O) groups excluding carboxylic acids is 2. The molecule has 0 saturated heterocycles. The van der Waals surface area contributed by atoms with Crippen molar-refractivity contribution in [2.24, 2.45) is 5.16 Å². The molecule has 4 N–H and O–H groups in total. The maximum absolute atomic E-state index is 14.5. The van der Waals surface area contributed by atoms with Gasteiger partial charge in [0, 0.05) is 13.5 Å². The van der Waals surface area contributed by atoms with Crippen LogP contribution < -0.4 is 16.0 Å². The molecule has 1 aliphatic carbocycles. The van der Waals surface area contributed by atoms with Crippen molar-refractivity contribution in [2.75, 3.05) is 12.4 Å². The van der Waals surface area contributed by atoms with Gasteiger partial charge in [0.2, 0.25) is 5.96 Å². The van der Waals surface area contributed by atoms with Gasteiger partial charge < -0.3 is 30.1 Å². The predicted octanol–water partition coefficient (Wildman–Crippen LogP) is 5.61. The number of anilines is 1. The number of hydrogen-bond acceptors (Lipinski definition) is 7. The summed E-state index contributed by atoms with van der Waals surface area (Å²) < 4.78 is 39.3. The number of benzene rings is 2. The summed E-state index contributed by atoms with van der Waals surface area (Å²) in [7, 11) is 1.07. The van der Waals surface area contributed by atoms with E-state index in [1.54, 1.807) is 51.0 Å². The lowest BCUT2D eigenvalue weighted by Crippen LogP contribution is -2.57. The number of carboxylic acid groups (broad SMARTS) is 1. The first-order chi connectivity index (χ1) is 21.1. The second-order valence-corrected chi connectivity index (χ2v) is 12.1. The van der Waals surface area contributed by atoms with Gasteiger partial charge in [-0.2, -0.15) is 0 Å². The number of ether oxygens (including phenoxy) is 2. The summed E-state index contributed by atoms with van der Waals surface area (Å²) in [6.45, 7) is 6.68. The van der Waals surface area contributed by atoms with Crippen LogP contribution >= 0.6 is 11.6 Å². The van der Waals surface area contributed by atoms with E-state index in [4.69, 9.17) is 25.9 Å². The molecule has 0 radical (unpaired) electrons. The van der Waals surface area contributed by atoms with Crippen LogP contribution in [0.5, 0.6) is 0 Å². The van der Waals surface area contributed by atoms with Crippen molar-refractivity contribution in [3.05, 3.63) is 70.3 Å². The lowest BCUT2D eigenvalue weighted by molar-refractivity contribution is -0.138. The zero-order valence-corrected chi connectivity index (χ0v) is 26.3. The summed E-state index contributed by atoms with van der Waals surface area (Å²) in [6.07, 6.45) is -3.95. The third kappa shape index (κ3) is 9.65. The number of rotatable bonds is 10. The molecule has 2 aromatic carbocycles. The zero-order valence-electron chi connectivity index (χ0n) is 25.6. The average Bonchev–Trinajstić information content (AvgIpc) is 2.96. The molecule has 1 amide bonds. The maximum Gasteiger partial charge on any atom is 0.412 e. The van der Waals surface area contributed by atoms with E-state index in [1.807, 2.05) is 18.2 Å². The number of guanidine groups is 1. The van der Waals surface area contributed by atoms with E-state index in [-0.39, 0.29) is 40.8 Å². The number of nitrogens with one attached hydrogen (secondary N) is 3. The molecule has 3 rings (SSSR count). The van der Waals surface area contributed by atoms with Gasteiger partial charge >= 0.3 is 12.1 Å². The van der Waals surface area contributed by atoms with E-state index in [0.717, 1.165) is 12.7 Å². The largest absolute Gasteiger partial charge is 0.481 e. The lowest BCUT2D eigenvalue weighted by atomic mass is 9.85. The third-order valence-corrected chi connectivity index (χ3v) is 7.23. The molecule has 1 saturated carbocycles. The summed E-state index contributed by atoms with van der Waals surface area (Å²) in [5, 5.41) is 22.5. The minimum Gasteiger partial charge on any atom is -0.481 e. The lowest BCUT2D eigenvalue weighted by Gasteiger charge is -2.38. The van der Waals surface area contributed by atoms with Crippen LogP contribution in [0.3, 0.4) is 0 Å². The molecule has 14 heteroatoms. The van der Waals surface area contributed by atoms with Gasteiger partial charge in [0.1, 0.15) is 18.1 Å². The second kappa shape index (κ2) is 14.7. The molecular weight excluding hydrogens is 614 g/mol. The van der Waals surface area contributed by atoms with Crippen molar-refractivity contribution in [3.63, 3.8) is 0 Å². The minimum absolute atomic E-state index is 0.00623. The normalized spacial score (nSPS) is 19.5. The molecule has 0 aliphatic heterocycles. The fourth-order valence-corrected chi connectivity index (χ4v) is 5.12. The Bertz CT molecular complexity index is 1450. The SMILES string of the molecule is COC1C(=C=O)C(N/C(=N/OC(C)(C)C)NC(C)(CC(=O)O)c2cccc(NC(=O)OCc3ccccc3)c2Cl)CCC1(F)F. The summed E-state index contributed by atoms with van der Waals surface area (Å²) in [5.74, 6) is -3.10. The predicted molar refractivity (Wildman–Crippen MR) is 164 cm³/mol. The Labute approximate surface area is 264 Å². The van der Waals surface area contributed by atoms with Crippen molar-refractivity contribution >= 4 is 41.3 Å². The van der Waals surface area contributed by atoms with Crippen LogP contribution in [0.1, 0.15) is 58.1 Å². The molecule has 244 valence electrons. The monoisotopic (exact) mass is 650 g/mol. The number of oxime groups is 1. The van der Waals surface area contributed by atoms with Crippen LogP contribution in [0.4, 0.5) is 19.3 Å². The number of nitrogens with zero attached hydrogens (tertiary/aromatic N) is 1. The molecule has 0 aromatic heterocycles. The summed E-state index contributed by atoms with van der Waals surface area (Å²) in [4.78, 5) is 42.1. The van der Waals surface area contributed by atoms with Crippen molar-refractivity contribution in [1.29, 1.82) is 0 Å². The molecule has 3 atom stereocenters. The molecule has 0 spiro atoms. The molecule has 1 aliphatic rings. The minimum atomic E-state index is -3.30. The van der Waals surface area contributed by atoms with Gasteiger partial charge in [-0.25, -0.2) is 18.4 Å². The van der Waals surface area contributed by atoms with Crippen molar-refractivity contribution in [1.82, 2.24) is 10.6 Å². The van der Waals surface area contributed by atoms with E-state index in [0.29, 0.717) is 0 Å². The molecule has 3 unspecified atom stereocenters. The Morgan fingerprint density at radius 1 is 1.13 bits per heavy atom. The van der Waals surface area contributed by atoms with Crippen LogP contribution in [0.15, 0.2) is 59.3 Å². The Balaban J connectivity index is 1.94. The summed E-state index contributed by atoms with van der Waals surface area (Å²) in [5.41, 5.74) is -1.53. The molecular formula is C31H37ClF2N4O7. The number of aliphatic carboxylic acids is 1. The number of hydrogen-bond donors (Lipinski definition) is 4. The summed E-state index contributed by atoms with van der Waals surface area (Å²) >= 11 is 6.73. The standard InChI is InChI=1S/C31H37ClF2N4O7/c1-29(2,3)45-38-27(35-22-14-15-31(33,34)26(43-5)20(22)17-39)37-30(4,16-24(40)41)21-12-9-13-23(25(21)32)36-28(42)44-18-19-10-7-6-8-11-19/h6-13,22,26H,14-16,18H2,1-5H3,(H,36,42)(H,40,41)(H2,35,37,38). The number of methoxy groups -OCH3 is 1. The highest BCUT2D eigenvalue weighted by molar-refractivity contribution is 6.34. The van der Waals surface area contributed by atoms with Crippen molar-refractivity contribution in [2.45, 2.75) is 82.8 Å². The Hall–Kier alpha value is -4.19. The molecule has 1 fully saturated rings. The Morgan fingerprint density at radius 2 is 1.82 bits per heavy atom. The first-order valence-electron chi connectivity index (χ1n) is 14.0. The van der Waals surface area contributed by atoms with Gasteiger partial charge in [-0.1, -0.05) is 54.1 Å². The van der Waals surface area contributed by atoms with Crippen LogP contribution in [-0.2, 0) is 36.0 Å². The Morgan fingerprint density at radius 3 is 2.42 bits per heavy atom. The van der Waals surface area contributed by atoms with Crippen molar-refractivity contribution < 1.29 is 42.6 Å². The smallest absolute Gasteiger partial charge is 0.412 e. The first kappa shape index (κ1) is 35.3. The molecule has 0 heterocycles. The van der Waals surface area contributed by atoms with Gasteiger partial charge in [-0.15, -0.1) is 0 Å². The number of carbonyl (C=O) groups is 2. The number of alkyl halides is 2. The van der Waals surface area contributed by atoms with Crippen LogP contribution in [0, 0.1) is 0 Å². The zero-order chi connectivity index (χ0) is 33.4. The number of amides is 1. The highest BCUT2D eigenvalue weighted by atomic mass is 35.5. The van der Waals surface area contributed by atoms with Crippen LogP contribution in [0.25, 0.3) is 0 Å². The maximum atomic E-state index is 14.5. The van der Waals surface area contributed by atoms with Crippen molar-refractivity contribution in [3.8, 4) is 0 Å². The second-order valence-electron chi connectivity index (χ2n) is 11.7. The number of carboxylic acids is 1. The van der Waals surface area contributed by atoms with Gasteiger partial charge in [-0.3, -0.25) is 10.1 Å². The quantitative estimate of drug-likeness (QED) is 0.111. The highest BCUT2D eigenvalue weighted by Gasteiger charge is 2.49. The summed E-state index contributed by atoms with van der Waals surface area (Å²) in [6, 6.07) is 12.7. The van der Waals surface area contributed by atoms with E-state index < -0.39 is 54.1 Å². The fourth-order valence-electron chi connectivity index (χ4n) is 4.73. The van der Waals surface area contributed by atoms with E-state index in [2.05, 4.69) is 21.1 Å². The molecule has 2 aromatic rings. The third-order valence-electron chi connectivity index (χ3n) is 6.82. The molecule has 0 bridgehead atoms. The van der Waals surface area contributed by atoms with Crippen LogP contribution in [0.2, 0.25) is 5.02 Å². The average molecular weight is 651 g/mol. The fraction of sp³-hybridized carbons (Fsp3) is 0.452. The Kier molecular flexibility index (Phi) is 11.5. The van der Waals surface area contributed by atoms with Gasteiger partial charge in [0.25, 0.3) is 5.92 Å². The van der Waals surface area contributed by atoms with Gasteiger partial charge in [0.15, 0.2) is 6.10 Å². The van der Waals surface area contributed by atoms with E-state index in [9.17, 15) is 28.3 Å². The van der Waals surface area contributed by atoms with E-state index >= 15 is 0 Å². The van der Waals surface area contributed by atoms with Gasteiger partial charge in [-0.05, 0) is 56.5 Å². The topological polar surface area (TPSA) is 148 Å². The van der Waals surface area contributed by atoms with Crippen LogP contribution in [-0.4, -0.2) is 59.8 Å². The highest BCUT2D eigenvalue weighted by Crippen LogP contribution is 2.39.